The molecule has 0 bridgehead atoms. The topological polar surface area (TPSA) is 59.1 Å². The summed E-state index contributed by atoms with van der Waals surface area (Å²) >= 11 is 2.63. The second-order valence-electron chi connectivity index (χ2n) is 5.42. The Labute approximate surface area is 146 Å². The zero-order valence-electron chi connectivity index (χ0n) is 12.7. The second kappa shape index (κ2) is 5.89. The van der Waals surface area contributed by atoms with Crippen LogP contribution in [0, 0.1) is 6.92 Å². The number of rotatable bonds is 2. The Morgan fingerprint density at radius 1 is 1.17 bits per heavy atom. The first kappa shape index (κ1) is 15.1. The molecule has 4 nitrogen and oxygen atoms in total. The van der Waals surface area contributed by atoms with E-state index in [1.165, 1.54) is 10.4 Å². The summed E-state index contributed by atoms with van der Waals surface area (Å²) in [5.41, 5.74) is 4.14. The van der Waals surface area contributed by atoms with E-state index in [4.69, 9.17) is 0 Å². The van der Waals surface area contributed by atoms with E-state index in [-0.39, 0.29) is 11.1 Å². The van der Waals surface area contributed by atoms with Crippen LogP contribution in [-0.4, -0.2) is 16.1 Å². The molecule has 1 fully saturated rings. The number of carbonyl (C=O) groups is 2. The SMILES string of the molecule is Cc1ccsc1-c1ccnc2ccc(/C=C3\SC(=O)NC3=O)cc12. The minimum atomic E-state index is -0.342. The van der Waals surface area contributed by atoms with Crippen molar-refractivity contribution < 1.29 is 9.59 Å². The first-order valence-corrected chi connectivity index (χ1v) is 8.99. The van der Waals surface area contributed by atoms with Crippen LogP contribution in [0.5, 0.6) is 0 Å². The van der Waals surface area contributed by atoms with Gasteiger partial charge in [0.15, 0.2) is 0 Å². The van der Waals surface area contributed by atoms with Crippen LogP contribution in [0.4, 0.5) is 4.79 Å². The molecule has 2 amide bonds. The molecule has 118 valence electrons. The highest BCUT2D eigenvalue weighted by atomic mass is 32.2. The average molecular weight is 352 g/mol. The second-order valence-corrected chi connectivity index (χ2v) is 7.35. The quantitative estimate of drug-likeness (QED) is 0.685. The molecule has 0 saturated carbocycles. The predicted molar refractivity (Wildman–Crippen MR) is 98.9 cm³/mol. The molecule has 3 heterocycles. The lowest BCUT2D eigenvalue weighted by Crippen LogP contribution is -2.17. The maximum Gasteiger partial charge on any atom is 0.290 e. The number of nitrogens with one attached hydrogen (secondary N) is 1. The van der Waals surface area contributed by atoms with Gasteiger partial charge in [-0.1, -0.05) is 6.07 Å². The number of hydrogen-bond donors (Lipinski definition) is 1. The van der Waals surface area contributed by atoms with Crippen molar-refractivity contribution in [1.29, 1.82) is 0 Å². The summed E-state index contributed by atoms with van der Waals surface area (Å²) in [5.74, 6) is -0.342. The molecule has 24 heavy (non-hydrogen) atoms. The number of thioether (sulfide) groups is 1. The van der Waals surface area contributed by atoms with Crippen LogP contribution in [0.15, 0.2) is 46.8 Å². The van der Waals surface area contributed by atoms with E-state index in [0.717, 1.165) is 33.8 Å². The summed E-state index contributed by atoms with van der Waals surface area (Å²) in [6.45, 7) is 2.09. The number of nitrogens with zero attached hydrogens (tertiary/aromatic N) is 1. The van der Waals surface area contributed by atoms with Crippen molar-refractivity contribution in [3.8, 4) is 10.4 Å². The van der Waals surface area contributed by atoms with Gasteiger partial charge in [-0.15, -0.1) is 11.3 Å². The van der Waals surface area contributed by atoms with Gasteiger partial charge in [0.1, 0.15) is 0 Å². The molecule has 1 aromatic carbocycles. The number of hydrogen-bond acceptors (Lipinski definition) is 5. The third-order valence-electron chi connectivity index (χ3n) is 3.81. The van der Waals surface area contributed by atoms with Gasteiger partial charge >= 0.3 is 0 Å². The van der Waals surface area contributed by atoms with E-state index in [2.05, 4.69) is 28.7 Å². The summed E-state index contributed by atoms with van der Waals surface area (Å²) in [7, 11) is 0. The Kier molecular flexibility index (Phi) is 3.70. The molecule has 4 rings (SSSR count). The monoisotopic (exact) mass is 352 g/mol. The molecule has 1 saturated heterocycles. The van der Waals surface area contributed by atoms with Gasteiger partial charge in [0, 0.05) is 22.0 Å². The number of fused-ring (bicyclic) bond motifs is 1. The fourth-order valence-electron chi connectivity index (χ4n) is 2.67. The number of aromatic nitrogens is 1. The summed E-state index contributed by atoms with van der Waals surface area (Å²) in [5, 5.41) is 5.05. The van der Waals surface area contributed by atoms with Crippen molar-refractivity contribution >= 4 is 51.2 Å². The minimum absolute atomic E-state index is 0.330. The Hall–Kier alpha value is -2.44. The number of amides is 2. The van der Waals surface area contributed by atoms with Gasteiger partial charge in [0.05, 0.1) is 10.4 Å². The van der Waals surface area contributed by atoms with E-state index in [9.17, 15) is 9.59 Å². The molecule has 1 N–H and O–H groups in total. The lowest BCUT2D eigenvalue weighted by atomic mass is 10.0. The van der Waals surface area contributed by atoms with E-state index in [1.807, 2.05) is 30.5 Å². The highest BCUT2D eigenvalue weighted by molar-refractivity contribution is 8.18. The molecule has 0 atom stereocenters. The third-order valence-corrected chi connectivity index (χ3v) is 5.67. The fourth-order valence-corrected chi connectivity index (χ4v) is 4.32. The molecule has 6 heteroatoms. The van der Waals surface area contributed by atoms with Crippen molar-refractivity contribution in [2.24, 2.45) is 0 Å². The highest BCUT2D eigenvalue weighted by Gasteiger charge is 2.24. The largest absolute Gasteiger partial charge is 0.290 e. The smallest absolute Gasteiger partial charge is 0.282 e. The third kappa shape index (κ3) is 2.64. The molecule has 0 radical (unpaired) electrons. The van der Waals surface area contributed by atoms with Gasteiger partial charge in [0.25, 0.3) is 11.1 Å². The average Bonchev–Trinajstić information content (AvgIpc) is 3.12. The normalized spacial score (nSPS) is 16.1. The summed E-state index contributed by atoms with van der Waals surface area (Å²) < 4.78 is 0. The number of thiophene rings is 1. The highest BCUT2D eigenvalue weighted by Crippen LogP contribution is 2.35. The van der Waals surface area contributed by atoms with Gasteiger partial charge in [0.2, 0.25) is 0 Å². The predicted octanol–water partition coefficient (Wildman–Crippen LogP) is 4.60. The molecule has 3 aromatic rings. The van der Waals surface area contributed by atoms with Crippen LogP contribution >= 0.6 is 23.1 Å². The van der Waals surface area contributed by atoms with Crippen molar-refractivity contribution in [2.45, 2.75) is 6.92 Å². The lowest BCUT2D eigenvalue weighted by molar-refractivity contribution is -0.115. The number of imide groups is 1. The molecular weight excluding hydrogens is 340 g/mol. The van der Waals surface area contributed by atoms with Gasteiger partial charge < -0.3 is 0 Å². The number of carbonyl (C=O) groups excluding carboxylic acids is 2. The van der Waals surface area contributed by atoms with Crippen LogP contribution in [-0.2, 0) is 4.79 Å². The van der Waals surface area contributed by atoms with Crippen molar-refractivity contribution in [3.05, 3.63) is 57.9 Å². The first-order chi connectivity index (χ1) is 11.6. The van der Waals surface area contributed by atoms with Crippen LogP contribution in [0.3, 0.4) is 0 Å². The van der Waals surface area contributed by atoms with Crippen LogP contribution in [0.1, 0.15) is 11.1 Å². The zero-order chi connectivity index (χ0) is 16.7. The van der Waals surface area contributed by atoms with Crippen LogP contribution < -0.4 is 5.32 Å². The molecule has 0 spiro atoms. The van der Waals surface area contributed by atoms with E-state index < -0.39 is 0 Å². The van der Waals surface area contributed by atoms with Gasteiger partial charge in [-0.2, -0.15) is 0 Å². The molecule has 1 aliphatic rings. The van der Waals surface area contributed by atoms with E-state index in [0.29, 0.717) is 4.91 Å². The number of aryl methyl sites for hydroxylation is 1. The molecule has 0 aliphatic carbocycles. The number of pyridine rings is 1. The Morgan fingerprint density at radius 2 is 2.04 bits per heavy atom. The Bertz CT molecular complexity index is 1020. The van der Waals surface area contributed by atoms with Crippen LogP contribution in [0.2, 0.25) is 0 Å². The summed E-state index contributed by atoms with van der Waals surface area (Å²) in [4.78, 5) is 29.1. The van der Waals surface area contributed by atoms with Crippen molar-refractivity contribution in [2.75, 3.05) is 0 Å². The van der Waals surface area contributed by atoms with Crippen molar-refractivity contribution in [3.63, 3.8) is 0 Å². The lowest BCUT2D eigenvalue weighted by Gasteiger charge is -2.07. The number of benzene rings is 1. The summed E-state index contributed by atoms with van der Waals surface area (Å²) in [6.07, 6.45) is 3.55. The van der Waals surface area contributed by atoms with Crippen molar-refractivity contribution in [1.82, 2.24) is 10.3 Å². The minimum Gasteiger partial charge on any atom is -0.282 e. The maximum atomic E-state index is 11.7. The van der Waals surface area contributed by atoms with Gasteiger partial charge in [-0.25, -0.2) is 0 Å². The van der Waals surface area contributed by atoms with E-state index >= 15 is 0 Å². The van der Waals surface area contributed by atoms with E-state index in [1.54, 1.807) is 17.4 Å². The Balaban J connectivity index is 1.86. The summed E-state index contributed by atoms with van der Waals surface area (Å²) in [6, 6.07) is 9.97. The Morgan fingerprint density at radius 3 is 2.75 bits per heavy atom. The molecule has 1 aliphatic heterocycles. The molecular formula is C18H12N2O2S2. The standard InChI is InChI=1S/C18H12N2O2S2/c1-10-5-7-23-16(10)12-4-6-19-14-3-2-11(8-13(12)14)9-15-17(21)20-18(22)24-15/h2-9H,1H3,(H,20,21,22)/b15-9-. The van der Waals surface area contributed by atoms with Crippen LogP contribution in [0.25, 0.3) is 27.4 Å². The first-order valence-electron chi connectivity index (χ1n) is 7.30. The maximum absolute atomic E-state index is 11.7. The van der Waals surface area contributed by atoms with Gasteiger partial charge in [-0.3, -0.25) is 19.9 Å². The molecule has 0 unspecified atom stereocenters. The van der Waals surface area contributed by atoms with Gasteiger partial charge in [-0.05, 0) is 65.5 Å². The fraction of sp³-hybridized carbons (Fsp3) is 0.0556. The zero-order valence-corrected chi connectivity index (χ0v) is 14.3. The molecule has 2 aromatic heterocycles.